The summed E-state index contributed by atoms with van der Waals surface area (Å²) in [6, 6.07) is 10.1. The molecule has 126 valence electrons. The Bertz CT molecular complexity index is 724. The Labute approximate surface area is 140 Å². The minimum atomic E-state index is -0.120. The molecule has 1 aromatic carbocycles. The van der Waals surface area contributed by atoms with Gasteiger partial charge in [0.15, 0.2) is 5.89 Å². The minimum absolute atomic E-state index is 0.0296. The molecule has 0 unspecified atom stereocenters. The quantitative estimate of drug-likeness (QED) is 0.906. The van der Waals surface area contributed by atoms with Crippen LogP contribution in [0.3, 0.4) is 0 Å². The lowest BCUT2D eigenvalue weighted by molar-refractivity contribution is -0.132. The van der Waals surface area contributed by atoms with Gasteiger partial charge in [-0.15, -0.1) is 0 Å². The summed E-state index contributed by atoms with van der Waals surface area (Å²) in [6.07, 6.45) is 1.65. The molecule has 1 aliphatic rings. The molecule has 0 atom stereocenters. The van der Waals surface area contributed by atoms with Gasteiger partial charge in [-0.1, -0.05) is 30.3 Å². The number of rotatable bonds is 5. The standard InChI is InChI=1S/C18H21N3O3/c1-13(22)19-9-7-18(23)21-10-8-16-15(12-21)20-17(24-16)11-14-5-3-2-4-6-14/h2-6H,7-12H2,1H3,(H,19,22). The highest BCUT2D eigenvalue weighted by molar-refractivity contribution is 5.78. The van der Waals surface area contributed by atoms with Gasteiger partial charge >= 0.3 is 0 Å². The van der Waals surface area contributed by atoms with E-state index in [-0.39, 0.29) is 11.8 Å². The Morgan fingerprint density at radius 2 is 2.08 bits per heavy atom. The normalized spacial score (nSPS) is 13.5. The number of amides is 2. The molecule has 0 spiro atoms. The predicted octanol–water partition coefficient (Wildman–Crippen LogP) is 1.68. The summed E-state index contributed by atoms with van der Waals surface area (Å²) < 4.78 is 5.84. The molecule has 1 N–H and O–H groups in total. The van der Waals surface area contributed by atoms with E-state index >= 15 is 0 Å². The second-order valence-electron chi connectivity index (χ2n) is 5.94. The molecule has 0 bridgehead atoms. The third-order valence-corrected chi connectivity index (χ3v) is 4.04. The number of fused-ring (bicyclic) bond motifs is 1. The van der Waals surface area contributed by atoms with E-state index in [1.54, 1.807) is 4.90 Å². The molecular formula is C18H21N3O3. The average molecular weight is 327 g/mol. The number of carbonyl (C=O) groups is 2. The summed E-state index contributed by atoms with van der Waals surface area (Å²) in [5, 5.41) is 2.65. The molecule has 0 aliphatic carbocycles. The van der Waals surface area contributed by atoms with Crippen molar-refractivity contribution in [3.05, 3.63) is 53.2 Å². The second kappa shape index (κ2) is 7.29. The van der Waals surface area contributed by atoms with Crippen LogP contribution in [-0.4, -0.2) is 34.8 Å². The number of carbonyl (C=O) groups excluding carboxylic acids is 2. The molecular weight excluding hydrogens is 306 g/mol. The van der Waals surface area contributed by atoms with Crippen LogP contribution in [0, 0.1) is 0 Å². The van der Waals surface area contributed by atoms with E-state index in [1.807, 2.05) is 30.3 Å². The molecule has 6 nitrogen and oxygen atoms in total. The highest BCUT2D eigenvalue weighted by atomic mass is 16.4. The second-order valence-corrected chi connectivity index (χ2v) is 5.94. The highest BCUT2D eigenvalue weighted by Gasteiger charge is 2.25. The van der Waals surface area contributed by atoms with Crippen LogP contribution in [0.5, 0.6) is 0 Å². The number of benzene rings is 1. The van der Waals surface area contributed by atoms with E-state index in [4.69, 9.17) is 4.42 Å². The van der Waals surface area contributed by atoms with Crippen LogP contribution in [0.15, 0.2) is 34.7 Å². The lowest BCUT2D eigenvalue weighted by Crippen LogP contribution is -2.37. The molecule has 2 amide bonds. The van der Waals surface area contributed by atoms with Gasteiger partial charge < -0.3 is 14.6 Å². The Balaban J connectivity index is 1.59. The predicted molar refractivity (Wildman–Crippen MR) is 88.2 cm³/mol. The van der Waals surface area contributed by atoms with E-state index in [1.165, 1.54) is 6.92 Å². The van der Waals surface area contributed by atoms with Crippen molar-refractivity contribution in [3.8, 4) is 0 Å². The summed E-state index contributed by atoms with van der Waals surface area (Å²) in [5.74, 6) is 1.48. The molecule has 0 saturated carbocycles. The third kappa shape index (κ3) is 4.01. The Morgan fingerprint density at radius 1 is 1.29 bits per heavy atom. The fraction of sp³-hybridized carbons (Fsp3) is 0.389. The molecule has 0 fully saturated rings. The average Bonchev–Trinajstić information content (AvgIpc) is 2.96. The zero-order valence-corrected chi connectivity index (χ0v) is 13.7. The molecule has 2 heterocycles. The SMILES string of the molecule is CC(=O)NCCC(=O)N1CCc2oc(Cc3ccccc3)nc2C1. The molecule has 1 aromatic heterocycles. The topological polar surface area (TPSA) is 75.4 Å². The van der Waals surface area contributed by atoms with Gasteiger partial charge in [0.05, 0.1) is 6.54 Å². The fourth-order valence-corrected chi connectivity index (χ4v) is 2.81. The smallest absolute Gasteiger partial charge is 0.224 e. The molecule has 1 aliphatic heterocycles. The van der Waals surface area contributed by atoms with Crippen LogP contribution in [0.25, 0.3) is 0 Å². The van der Waals surface area contributed by atoms with Gasteiger partial charge in [0.2, 0.25) is 11.8 Å². The van der Waals surface area contributed by atoms with Gasteiger partial charge in [0.1, 0.15) is 11.5 Å². The van der Waals surface area contributed by atoms with E-state index in [0.29, 0.717) is 44.8 Å². The number of oxazole rings is 1. The van der Waals surface area contributed by atoms with Crippen molar-refractivity contribution in [2.24, 2.45) is 0 Å². The van der Waals surface area contributed by atoms with Crippen LogP contribution >= 0.6 is 0 Å². The largest absolute Gasteiger partial charge is 0.445 e. The van der Waals surface area contributed by atoms with Crippen LogP contribution in [0.4, 0.5) is 0 Å². The fourth-order valence-electron chi connectivity index (χ4n) is 2.81. The van der Waals surface area contributed by atoms with Crippen LogP contribution in [0.2, 0.25) is 0 Å². The van der Waals surface area contributed by atoms with Gasteiger partial charge in [-0.05, 0) is 5.56 Å². The van der Waals surface area contributed by atoms with Crippen LogP contribution < -0.4 is 5.32 Å². The molecule has 0 saturated heterocycles. The van der Waals surface area contributed by atoms with Gasteiger partial charge in [0.25, 0.3) is 0 Å². The monoisotopic (exact) mass is 327 g/mol. The number of nitrogens with zero attached hydrogens (tertiary/aromatic N) is 2. The lowest BCUT2D eigenvalue weighted by Gasteiger charge is -2.25. The van der Waals surface area contributed by atoms with Crippen molar-refractivity contribution in [2.45, 2.75) is 32.7 Å². The maximum absolute atomic E-state index is 12.2. The summed E-state index contributed by atoms with van der Waals surface area (Å²) in [4.78, 5) is 29.4. The van der Waals surface area contributed by atoms with E-state index in [2.05, 4.69) is 10.3 Å². The van der Waals surface area contributed by atoms with Gasteiger partial charge in [-0.25, -0.2) is 4.98 Å². The maximum Gasteiger partial charge on any atom is 0.224 e. The molecule has 6 heteroatoms. The van der Waals surface area contributed by atoms with Crippen molar-refractivity contribution in [1.82, 2.24) is 15.2 Å². The van der Waals surface area contributed by atoms with Gasteiger partial charge in [-0.2, -0.15) is 0 Å². The Morgan fingerprint density at radius 3 is 2.83 bits per heavy atom. The van der Waals surface area contributed by atoms with Crippen molar-refractivity contribution in [1.29, 1.82) is 0 Å². The van der Waals surface area contributed by atoms with Crippen molar-refractivity contribution >= 4 is 11.8 Å². The minimum Gasteiger partial charge on any atom is -0.445 e. The zero-order valence-electron chi connectivity index (χ0n) is 13.7. The molecule has 3 rings (SSSR count). The number of hydrogen-bond acceptors (Lipinski definition) is 4. The number of hydrogen-bond donors (Lipinski definition) is 1. The third-order valence-electron chi connectivity index (χ3n) is 4.04. The Kier molecular flexibility index (Phi) is 4.93. The summed E-state index contributed by atoms with van der Waals surface area (Å²) in [6.45, 7) is 2.93. The van der Waals surface area contributed by atoms with Crippen LogP contribution in [-0.2, 0) is 29.0 Å². The van der Waals surface area contributed by atoms with Crippen molar-refractivity contribution in [2.75, 3.05) is 13.1 Å². The Hall–Kier alpha value is -2.63. The molecule has 2 aromatic rings. The van der Waals surface area contributed by atoms with Crippen molar-refractivity contribution < 1.29 is 14.0 Å². The first-order valence-electron chi connectivity index (χ1n) is 8.15. The maximum atomic E-state index is 12.2. The first kappa shape index (κ1) is 16.2. The van der Waals surface area contributed by atoms with E-state index in [9.17, 15) is 9.59 Å². The first-order chi connectivity index (χ1) is 11.6. The van der Waals surface area contributed by atoms with Gasteiger partial charge in [-0.3, -0.25) is 9.59 Å². The first-order valence-corrected chi connectivity index (χ1v) is 8.15. The number of nitrogens with one attached hydrogen (secondary N) is 1. The van der Waals surface area contributed by atoms with E-state index in [0.717, 1.165) is 17.0 Å². The summed E-state index contributed by atoms with van der Waals surface area (Å²) in [5.41, 5.74) is 2.00. The number of aromatic nitrogens is 1. The van der Waals surface area contributed by atoms with Crippen LogP contribution in [0.1, 0.15) is 36.3 Å². The van der Waals surface area contributed by atoms with E-state index < -0.39 is 0 Å². The molecule has 0 radical (unpaired) electrons. The summed E-state index contributed by atoms with van der Waals surface area (Å²) in [7, 11) is 0. The van der Waals surface area contributed by atoms with Gasteiger partial charge in [0, 0.05) is 39.3 Å². The lowest BCUT2D eigenvalue weighted by atomic mass is 10.1. The highest BCUT2D eigenvalue weighted by Crippen LogP contribution is 2.21. The van der Waals surface area contributed by atoms with Crippen molar-refractivity contribution in [3.63, 3.8) is 0 Å². The molecule has 24 heavy (non-hydrogen) atoms. The zero-order chi connectivity index (χ0) is 16.9. The summed E-state index contributed by atoms with van der Waals surface area (Å²) >= 11 is 0.